The second kappa shape index (κ2) is 5.07. The van der Waals surface area contributed by atoms with Crippen molar-refractivity contribution in [1.29, 1.82) is 0 Å². The Labute approximate surface area is 101 Å². The van der Waals surface area contributed by atoms with Gasteiger partial charge in [-0.25, -0.2) is 0 Å². The number of amides is 1. The fourth-order valence-electron chi connectivity index (χ4n) is 1.29. The molecule has 0 aromatic heterocycles. The second-order valence-corrected chi connectivity index (χ2v) is 4.22. The number of carbonyl (C=O) groups is 1. The molecule has 4 nitrogen and oxygen atoms in total. The van der Waals surface area contributed by atoms with Gasteiger partial charge in [-0.1, -0.05) is 17.7 Å². The van der Waals surface area contributed by atoms with Gasteiger partial charge in [0.1, 0.15) is 0 Å². The lowest BCUT2D eigenvalue weighted by Gasteiger charge is -2.22. The normalized spacial score (nSPS) is 10.0. The fraction of sp³-hybridized carbons (Fsp3) is 0.364. The van der Waals surface area contributed by atoms with Gasteiger partial charge in [-0.3, -0.25) is 4.79 Å². The number of nitrogens with two attached hydrogens (primary N) is 1. The number of nitrogen functional groups attached to an aromatic ring is 1. The van der Waals surface area contributed by atoms with Crippen LogP contribution in [0.15, 0.2) is 18.2 Å². The third-order valence-electron chi connectivity index (χ3n) is 2.31. The van der Waals surface area contributed by atoms with Crippen molar-refractivity contribution < 1.29 is 4.79 Å². The fourth-order valence-corrected chi connectivity index (χ4v) is 1.46. The Morgan fingerprint density at radius 2 is 2.00 bits per heavy atom. The number of anilines is 2. The first-order valence-electron chi connectivity index (χ1n) is 4.88. The van der Waals surface area contributed by atoms with Crippen LogP contribution in [-0.2, 0) is 4.79 Å². The summed E-state index contributed by atoms with van der Waals surface area (Å²) in [7, 11) is 5.25. The van der Waals surface area contributed by atoms with Gasteiger partial charge in [0.2, 0.25) is 5.91 Å². The first-order chi connectivity index (χ1) is 7.43. The number of para-hydroxylation sites is 1. The van der Waals surface area contributed by atoms with E-state index in [1.165, 1.54) is 4.90 Å². The smallest absolute Gasteiger partial charge is 0.241 e. The molecule has 0 saturated heterocycles. The number of likely N-dealkylation sites (N-methyl/N-ethyl adjacent to an activating group) is 2. The van der Waals surface area contributed by atoms with Crippen LogP contribution in [0.1, 0.15) is 0 Å². The van der Waals surface area contributed by atoms with E-state index in [-0.39, 0.29) is 12.5 Å². The number of halogens is 1. The van der Waals surface area contributed by atoms with Crippen LogP contribution in [0.25, 0.3) is 0 Å². The van der Waals surface area contributed by atoms with Crippen LogP contribution in [0.5, 0.6) is 0 Å². The maximum Gasteiger partial charge on any atom is 0.241 e. The van der Waals surface area contributed by atoms with Crippen LogP contribution < -0.4 is 10.6 Å². The summed E-state index contributed by atoms with van der Waals surface area (Å²) >= 11 is 5.91. The van der Waals surface area contributed by atoms with Crippen LogP contribution in [0.3, 0.4) is 0 Å². The summed E-state index contributed by atoms with van der Waals surface area (Å²) in [6.45, 7) is 0.275. The minimum Gasteiger partial charge on any atom is -0.396 e. The molecule has 1 aromatic rings. The first kappa shape index (κ1) is 12.6. The van der Waals surface area contributed by atoms with Gasteiger partial charge < -0.3 is 15.5 Å². The average Bonchev–Trinajstić information content (AvgIpc) is 2.21. The highest BCUT2D eigenvalue weighted by molar-refractivity contribution is 6.33. The van der Waals surface area contributed by atoms with E-state index >= 15 is 0 Å². The average molecular weight is 242 g/mol. The molecule has 1 aromatic carbocycles. The Balaban J connectivity index is 2.85. The topological polar surface area (TPSA) is 49.6 Å². The molecule has 0 atom stereocenters. The molecule has 2 N–H and O–H groups in total. The zero-order valence-corrected chi connectivity index (χ0v) is 10.5. The van der Waals surface area contributed by atoms with Crippen LogP contribution in [0, 0.1) is 0 Å². The van der Waals surface area contributed by atoms with E-state index in [9.17, 15) is 4.79 Å². The molecule has 0 fully saturated rings. The number of rotatable bonds is 3. The van der Waals surface area contributed by atoms with Crippen molar-refractivity contribution in [3.8, 4) is 0 Å². The van der Waals surface area contributed by atoms with Crippen LogP contribution in [-0.4, -0.2) is 38.5 Å². The van der Waals surface area contributed by atoms with Gasteiger partial charge in [0.05, 0.1) is 22.9 Å². The van der Waals surface area contributed by atoms with Gasteiger partial charge in [-0.05, 0) is 12.1 Å². The van der Waals surface area contributed by atoms with Crippen molar-refractivity contribution in [2.45, 2.75) is 0 Å². The minimum atomic E-state index is 0.0156. The molecule has 0 unspecified atom stereocenters. The molecule has 0 saturated carbocycles. The van der Waals surface area contributed by atoms with E-state index in [1.807, 2.05) is 19.2 Å². The summed E-state index contributed by atoms with van der Waals surface area (Å²) in [6, 6.07) is 5.37. The van der Waals surface area contributed by atoms with Crippen molar-refractivity contribution in [2.75, 3.05) is 38.3 Å². The number of benzene rings is 1. The molecule has 16 heavy (non-hydrogen) atoms. The number of carbonyl (C=O) groups excluding carboxylic acids is 1. The molecule has 0 aliphatic carbocycles. The Morgan fingerprint density at radius 1 is 1.38 bits per heavy atom. The summed E-state index contributed by atoms with van der Waals surface area (Å²) in [5, 5.41) is 0.502. The lowest BCUT2D eigenvalue weighted by atomic mass is 10.2. The molecule has 1 rings (SSSR count). The third kappa shape index (κ3) is 2.79. The number of hydrogen-bond acceptors (Lipinski definition) is 3. The summed E-state index contributed by atoms with van der Waals surface area (Å²) in [5.74, 6) is 0.0156. The monoisotopic (exact) mass is 241 g/mol. The second-order valence-electron chi connectivity index (χ2n) is 3.82. The van der Waals surface area contributed by atoms with E-state index in [2.05, 4.69) is 0 Å². The summed E-state index contributed by atoms with van der Waals surface area (Å²) in [5.41, 5.74) is 7.10. The van der Waals surface area contributed by atoms with Crippen LogP contribution in [0.4, 0.5) is 11.4 Å². The molecule has 5 heteroatoms. The Hall–Kier alpha value is -1.42. The van der Waals surface area contributed by atoms with E-state index in [1.54, 1.807) is 25.1 Å². The molecule has 88 valence electrons. The van der Waals surface area contributed by atoms with Gasteiger partial charge in [0, 0.05) is 21.1 Å². The van der Waals surface area contributed by atoms with Crippen molar-refractivity contribution in [1.82, 2.24) is 4.90 Å². The Bertz CT molecular complexity index is 393. The largest absolute Gasteiger partial charge is 0.396 e. The van der Waals surface area contributed by atoms with Gasteiger partial charge in [0.15, 0.2) is 0 Å². The van der Waals surface area contributed by atoms with Gasteiger partial charge in [-0.2, -0.15) is 0 Å². The van der Waals surface area contributed by atoms with E-state index in [4.69, 9.17) is 17.3 Å². The maximum atomic E-state index is 11.5. The van der Waals surface area contributed by atoms with Gasteiger partial charge >= 0.3 is 0 Å². The lowest BCUT2D eigenvalue weighted by Crippen LogP contribution is -2.34. The Kier molecular flexibility index (Phi) is 4.01. The molecule has 0 aliphatic rings. The van der Waals surface area contributed by atoms with Gasteiger partial charge in [-0.15, -0.1) is 0 Å². The molecule has 0 aliphatic heterocycles. The SMILES string of the molecule is CN(C)C(=O)CN(C)c1cccc(Cl)c1N. The molecular weight excluding hydrogens is 226 g/mol. The van der Waals surface area contributed by atoms with Crippen molar-refractivity contribution in [3.63, 3.8) is 0 Å². The molecule has 1 amide bonds. The first-order valence-corrected chi connectivity index (χ1v) is 5.26. The third-order valence-corrected chi connectivity index (χ3v) is 2.64. The zero-order valence-electron chi connectivity index (χ0n) is 9.70. The summed E-state index contributed by atoms with van der Waals surface area (Å²) < 4.78 is 0. The predicted molar refractivity (Wildman–Crippen MR) is 67.8 cm³/mol. The molecular formula is C11H16ClN3O. The lowest BCUT2D eigenvalue weighted by molar-refractivity contribution is -0.127. The van der Waals surface area contributed by atoms with E-state index in [0.29, 0.717) is 10.7 Å². The quantitative estimate of drug-likeness (QED) is 0.815. The molecule has 0 heterocycles. The summed E-state index contributed by atoms with van der Waals surface area (Å²) in [4.78, 5) is 14.9. The van der Waals surface area contributed by atoms with E-state index < -0.39 is 0 Å². The minimum absolute atomic E-state index is 0.0156. The molecule has 0 bridgehead atoms. The standard InChI is InChI=1S/C11H16ClN3O/c1-14(2)10(16)7-15(3)9-6-4-5-8(12)11(9)13/h4-6H,7,13H2,1-3H3. The zero-order chi connectivity index (χ0) is 12.3. The highest BCUT2D eigenvalue weighted by Gasteiger charge is 2.12. The van der Waals surface area contributed by atoms with Crippen molar-refractivity contribution in [2.24, 2.45) is 0 Å². The number of nitrogens with zero attached hydrogens (tertiary/aromatic N) is 2. The van der Waals surface area contributed by atoms with E-state index in [0.717, 1.165) is 5.69 Å². The number of hydrogen-bond donors (Lipinski definition) is 1. The highest BCUT2D eigenvalue weighted by atomic mass is 35.5. The van der Waals surface area contributed by atoms with Crippen LogP contribution >= 0.6 is 11.6 Å². The van der Waals surface area contributed by atoms with Crippen molar-refractivity contribution in [3.05, 3.63) is 23.2 Å². The van der Waals surface area contributed by atoms with Crippen LogP contribution in [0.2, 0.25) is 5.02 Å². The maximum absolute atomic E-state index is 11.5. The molecule has 0 radical (unpaired) electrons. The molecule has 0 spiro atoms. The summed E-state index contributed by atoms with van der Waals surface area (Å²) in [6.07, 6.45) is 0. The predicted octanol–water partition coefficient (Wildman–Crippen LogP) is 1.45. The van der Waals surface area contributed by atoms with Gasteiger partial charge in [0.25, 0.3) is 0 Å². The highest BCUT2D eigenvalue weighted by Crippen LogP contribution is 2.29. The Morgan fingerprint density at radius 3 is 2.56 bits per heavy atom. The van der Waals surface area contributed by atoms with Crippen molar-refractivity contribution >= 4 is 28.9 Å².